The molecule has 1 aromatic carbocycles. The predicted molar refractivity (Wildman–Crippen MR) is 117 cm³/mol. The summed E-state index contributed by atoms with van der Waals surface area (Å²) >= 11 is 0. The fourth-order valence-electron chi connectivity index (χ4n) is 2.98. The van der Waals surface area contributed by atoms with Gasteiger partial charge in [0.25, 0.3) is 5.91 Å². The van der Waals surface area contributed by atoms with E-state index in [0.29, 0.717) is 0 Å². The highest BCUT2D eigenvalue weighted by molar-refractivity contribution is 6.74. The number of carbonyl (C=O) groups is 3. The zero-order chi connectivity index (χ0) is 21.8. The van der Waals surface area contributed by atoms with Crippen molar-refractivity contribution in [2.75, 3.05) is 0 Å². The molecule has 0 bridgehead atoms. The first-order valence-corrected chi connectivity index (χ1v) is 13.2. The molecule has 0 N–H and O–H groups in total. The van der Waals surface area contributed by atoms with Crippen LogP contribution in [0.1, 0.15) is 46.1 Å². The molecule has 0 unspecified atom stereocenters. The van der Waals surface area contributed by atoms with Crippen molar-refractivity contribution in [3.63, 3.8) is 0 Å². The van der Waals surface area contributed by atoms with E-state index in [1.165, 1.54) is 11.0 Å². The first-order valence-electron chi connectivity index (χ1n) is 10.3. The molecule has 158 valence electrons. The van der Waals surface area contributed by atoms with E-state index in [-0.39, 0.29) is 17.4 Å². The highest BCUT2D eigenvalue weighted by Gasteiger charge is 2.54. The van der Waals surface area contributed by atoms with Crippen molar-refractivity contribution >= 4 is 25.9 Å². The Morgan fingerprint density at radius 3 is 2.31 bits per heavy atom. The zero-order valence-electron chi connectivity index (χ0n) is 18.4. The van der Waals surface area contributed by atoms with Crippen LogP contribution in [-0.4, -0.2) is 36.9 Å². The Hall–Kier alpha value is -2.05. The van der Waals surface area contributed by atoms with Crippen LogP contribution < -0.4 is 0 Å². The van der Waals surface area contributed by atoms with Crippen molar-refractivity contribution < 1.29 is 18.8 Å². The number of likely N-dealkylation sites (tertiary alicyclic amines) is 1. The maximum atomic E-state index is 13.2. The largest absolute Gasteiger partial charge is 0.404 e. The van der Waals surface area contributed by atoms with E-state index in [9.17, 15) is 14.4 Å². The molecule has 1 fully saturated rings. The monoisotopic (exact) mass is 415 g/mol. The van der Waals surface area contributed by atoms with Gasteiger partial charge in [0.05, 0.1) is 6.54 Å². The van der Waals surface area contributed by atoms with E-state index in [2.05, 4.69) is 20.8 Å². The topological polar surface area (TPSA) is 63.7 Å². The molecule has 0 saturated carbocycles. The van der Waals surface area contributed by atoms with E-state index in [1.807, 2.05) is 50.3 Å². The van der Waals surface area contributed by atoms with Gasteiger partial charge in [-0.1, -0.05) is 70.5 Å². The minimum Gasteiger partial charge on any atom is -0.404 e. The number of amides is 2. The number of hydrogen-bond acceptors (Lipinski definition) is 4. The van der Waals surface area contributed by atoms with Crippen molar-refractivity contribution in [1.29, 1.82) is 0 Å². The maximum Gasteiger partial charge on any atom is 0.258 e. The average molecular weight is 416 g/mol. The minimum atomic E-state index is -2.36. The van der Waals surface area contributed by atoms with Gasteiger partial charge in [-0.2, -0.15) is 0 Å². The van der Waals surface area contributed by atoms with Crippen LogP contribution in [0.15, 0.2) is 42.5 Å². The zero-order valence-corrected chi connectivity index (χ0v) is 19.4. The van der Waals surface area contributed by atoms with Gasteiger partial charge in [-0.05, 0) is 36.2 Å². The Kier molecular flexibility index (Phi) is 7.35. The van der Waals surface area contributed by atoms with Crippen LogP contribution in [0, 0.1) is 5.92 Å². The van der Waals surface area contributed by atoms with Crippen LogP contribution in [0.5, 0.6) is 0 Å². The molecule has 1 aromatic rings. The Morgan fingerprint density at radius 1 is 1.14 bits per heavy atom. The summed E-state index contributed by atoms with van der Waals surface area (Å²) in [7, 11) is -2.36. The second kappa shape index (κ2) is 9.18. The van der Waals surface area contributed by atoms with E-state index in [1.54, 1.807) is 6.08 Å². The molecule has 6 heteroatoms. The molecule has 1 saturated heterocycles. The number of unbranched alkanes of at least 4 members (excludes halogenated alkanes) is 1. The number of allylic oxidation sites excluding steroid dienone is 2. The van der Waals surface area contributed by atoms with E-state index in [0.717, 1.165) is 18.4 Å². The summed E-state index contributed by atoms with van der Waals surface area (Å²) in [6.45, 7) is 12.4. The number of imide groups is 1. The van der Waals surface area contributed by atoms with Gasteiger partial charge in [0, 0.05) is 0 Å². The first kappa shape index (κ1) is 23.2. The lowest BCUT2D eigenvalue weighted by Crippen LogP contribution is -2.48. The summed E-state index contributed by atoms with van der Waals surface area (Å²) in [6, 6.07) is 9.33. The Balaban J connectivity index is 2.36. The highest BCUT2D eigenvalue weighted by Crippen LogP contribution is 2.40. The summed E-state index contributed by atoms with van der Waals surface area (Å²) in [6.07, 6.45) is 3.82. The van der Waals surface area contributed by atoms with Gasteiger partial charge in [-0.15, -0.1) is 0 Å². The van der Waals surface area contributed by atoms with Crippen LogP contribution in [0.4, 0.5) is 0 Å². The minimum absolute atomic E-state index is 0.144. The smallest absolute Gasteiger partial charge is 0.258 e. The molecule has 5 nitrogen and oxygen atoms in total. The fraction of sp³-hybridized carbons (Fsp3) is 0.522. The lowest BCUT2D eigenvalue weighted by Gasteiger charge is -2.38. The number of hydrogen-bond donors (Lipinski definition) is 0. The Bertz CT molecular complexity index is 780. The third kappa shape index (κ3) is 5.31. The van der Waals surface area contributed by atoms with E-state index < -0.39 is 32.2 Å². The van der Waals surface area contributed by atoms with Crippen LogP contribution >= 0.6 is 0 Å². The van der Waals surface area contributed by atoms with Gasteiger partial charge in [0.15, 0.2) is 14.1 Å². The van der Waals surface area contributed by atoms with E-state index >= 15 is 0 Å². The predicted octanol–water partition coefficient (Wildman–Crippen LogP) is 4.49. The molecule has 29 heavy (non-hydrogen) atoms. The van der Waals surface area contributed by atoms with Crippen molar-refractivity contribution in [3.8, 4) is 0 Å². The molecule has 2 atom stereocenters. The van der Waals surface area contributed by atoms with Gasteiger partial charge in [-0.25, -0.2) is 0 Å². The average Bonchev–Trinajstić information content (AvgIpc) is 2.86. The molecule has 1 heterocycles. The lowest BCUT2D eigenvalue weighted by molar-refractivity contribution is -0.141. The summed E-state index contributed by atoms with van der Waals surface area (Å²) < 4.78 is 6.33. The molecular weight excluding hydrogens is 382 g/mol. The standard InChI is InChI=1S/C23H33NO4Si/c1-7-8-10-15-18(25)19-20(28-29(5,6)23(2,3)4)22(27)24(21(19)26)16-17-13-11-9-12-14-17/h9-15,19-20H,7-8,16H2,1-6H3/b15-10+/t19-,20-/m0/s1. The lowest BCUT2D eigenvalue weighted by atomic mass is 9.99. The third-order valence-electron chi connectivity index (χ3n) is 5.80. The summed E-state index contributed by atoms with van der Waals surface area (Å²) in [5, 5.41) is -0.144. The quantitative estimate of drug-likeness (QED) is 0.272. The number of benzene rings is 1. The second-order valence-corrected chi connectivity index (χ2v) is 13.9. The van der Waals surface area contributed by atoms with Gasteiger partial charge in [0.1, 0.15) is 12.0 Å². The van der Waals surface area contributed by atoms with Crippen LogP contribution in [-0.2, 0) is 25.4 Å². The molecule has 1 aliphatic heterocycles. The van der Waals surface area contributed by atoms with Gasteiger partial charge in [0.2, 0.25) is 5.91 Å². The van der Waals surface area contributed by atoms with Gasteiger partial charge < -0.3 is 4.43 Å². The molecule has 0 spiro atoms. The van der Waals surface area contributed by atoms with Crippen molar-refractivity contribution in [3.05, 3.63) is 48.0 Å². The van der Waals surface area contributed by atoms with Crippen LogP contribution in [0.3, 0.4) is 0 Å². The van der Waals surface area contributed by atoms with Gasteiger partial charge >= 0.3 is 0 Å². The second-order valence-electron chi connectivity index (χ2n) is 9.12. The van der Waals surface area contributed by atoms with E-state index in [4.69, 9.17) is 4.43 Å². The van der Waals surface area contributed by atoms with Gasteiger partial charge in [-0.3, -0.25) is 19.3 Å². The number of carbonyl (C=O) groups excluding carboxylic acids is 3. The molecule has 2 rings (SSSR count). The molecular formula is C23H33NO4Si. The molecule has 2 amide bonds. The fourth-order valence-corrected chi connectivity index (χ4v) is 4.20. The van der Waals surface area contributed by atoms with Crippen LogP contribution in [0.25, 0.3) is 0 Å². The Labute approximate surface area is 175 Å². The van der Waals surface area contributed by atoms with Crippen LogP contribution in [0.2, 0.25) is 18.1 Å². The SMILES string of the molecule is CCC/C=C/C(=O)[C@@H]1C(=O)N(Cc2ccccc2)C(=O)[C@H]1O[Si](C)(C)C(C)(C)C. The summed E-state index contributed by atoms with van der Waals surface area (Å²) in [5.41, 5.74) is 0.843. The number of ketones is 1. The molecule has 1 aliphatic rings. The third-order valence-corrected chi connectivity index (χ3v) is 10.3. The Morgan fingerprint density at radius 2 is 1.76 bits per heavy atom. The van der Waals surface area contributed by atoms with Crippen molar-refractivity contribution in [2.45, 2.75) is 71.3 Å². The highest BCUT2D eigenvalue weighted by atomic mass is 28.4. The normalized spacial score (nSPS) is 20.7. The molecule has 0 radical (unpaired) electrons. The number of rotatable bonds is 8. The number of nitrogens with zero attached hydrogens (tertiary/aromatic N) is 1. The van der Waals surface area contributed by atoms with Crippen molar-refractivity contribution in [1.82, 2.24) is 4.90 Å². The molecule has 0 aliphatic carbocycles. The summed E-state index contributed by atoms with van der Waals surface area (Å²) in [5.74, 6) is -2.33. The molecule has 0 aromatic heterocycles. The first-order chi connectivity index (χ1) is 13.5. The van der Waals surface area contributed by atoms with Crippen molar-refractivity contribution in [2.24, 2.45) is 5.92 Å². The summed E-state index contributed by atoms with van der Waals surface area (Å²) in [4.78, 5) is 40.4. The maximum absolute atomic E-state index is 13.2.